The summed E-state index contributed by atoms with van der Waals surface area (Å²) in [6.45, 7) is 2.02. The molecule has 0 saturated carbocycles. The van der Waals surface area contributed by atoms with E-state index >= 15 is 0 Å². The summed E-state index contributed by atoms with van der Waals surface area (Å²) in [6.07, 6.45) is 0.564. The molecule has 14 heavy (non-hydrogen) atoms. The molecule has 0 aliphatic carbocycles. The molecule has 0 aliphatic rings. The molecule has 0 radical (unpaired) electrons. The largest absolute Gasteiger partial charge is 0.465 e. The van der Waals surface area contributed by atoms with Crippen LogP contribution in [-0.4, -0.2) is 31.6 Å². The Morgan fingerprint density at radius 2 is 2.07 bits per heavy atom. The maximum atomic E-state index is 11.0. The minimum absolute atomic E-state index is 0. The van der Waals surface area contributed by atoms with Crippen LogP contribution < -0.4 is 11.1 Å². The SMILES string of the molecule is CCOC(=O)C(N)CCC(=O)NC.Cl. The van der Waals surface area contributed by atoms with Gasteiger partial charge in [-0.2, -0.15) is 0 Å². The summed E-state index contributed by atoms with van der Waals surface area (Å²) in [5.74, 6) is -0.578. The van der Waals surface area contributed by atoms with Gasteiger partial charge in [0.05, 0.1) is 6.61 Å². The van der Waals surface area contributed by atoms with Crippen molar-refractivity contribution in [3.8, 4) is 0 Å². The predicted octanol–water partition coefficient (Wildman–Crippen LogP) is -0.175. The van der Waals surface area contributed by atoms with Gasteiger partial charge in [-0.3, -0.25) is 9.59 Å². The Hall–Kier alpha value is -0.810. The molecule has 0 aromatic carbocycles. The van der Waals surface area contributed by atoms with Gasteiger partial charge in [-0.1, -0.05) is 0 Å². The van der Waals surface area contributed by atoms with Crippen molar-refractivity contribution < 1.29 is 14.3 Å². The fourth-order valence-corrected chi connectivity index (χ4v) is 0.779. The van der Waals surface area contributed by atoms with Crippen molar-refractivity contribution in [3.05, 3.63) is 0 Å². The second-order valence-electron chi connectivity index (χ2n) is 2.57. The van der Waals surface area contributed by atoms with E-state index in [0.29, 0.717) is 13.0 Å². The highest BCUT2D eigenvalue weighted by Gasteiger charge is 2.15. The molecule has 0 aliphatic heterocycles. The normalized spacial score (nSPS) is 11.1. The summed E-state index contributed by atoms with van der Waals surface area (Å²) < 4.78 is 4.67. The molecule has 0 spiro atoms. The molecule has 0 rings (SSSR count). The fourth-order valence-electron chi connectivity index (χ4n) is 0.779. The smallest absolute Gasteiger partial charge is 0.322 e. The van der Waals surface area contributed by atoms with E-state index < -0.39 is 12.0 Å². The number of esters is 1. The lowest BCUT2D eigenvalue weighted by atomic mass is 10.1. The van der Waals surface area contributed by atoms with E-state index in [4.69, 9.17) is 5.73 Å². The molecule has 0 heterocycles. The van der Waals surface area contributed by atoms with Crippen LogP contribution in [0.3, 0.4) is 0 Å². The van der Waals surface area contributed by atoms with Crippen molar-refractivity contribution in [3.63, 3.8) is 0 Å². The topological polar surface area (TPSA) is 81.4 Å². The van der Waals surface area contributed by atoms with Gasteiger partial charge in [-0.05, 0) is 13.3 Å². The summed E-state index contributed by atoms with van der Waals surface area (Å²) >= 11 is 0. The van der Waals surface area contributed by atoms with E-state index in [1.807, 2.05) is 0 Å². The molecule has 1 unspecified atom stereocenters. The minimum Gasteiger partial charge on any atom is -0.465 e. The molecule has 0 saturated heterocycles. The summed E-state index contributed by atoms with van der Waals surface area (Å²) in [5.41, 5.74) is 5.45. The summed E-state index contributed by atoms with van der Waals surface area (Å²) in [5, 5.41) is 2.44. The van der Waals surface area contributed by atoms with Gasteiger partial charge in [-0.15, -0.1) is 12.4 Å². The Labute approximate surface area is 89.8 Å². The zero-order valence-corrected chi connectivity index (χ0v) is 9.23. The third kappa shape index (κ3) is 6.68. The highest BCUT2D eigenvalue weighted by atomic mass is 35.5. The first kappa shape index (κ1) is 15.7. The van der Waals surface area contributed by atoms with Crippen molar-refractivity contribution in [2.75, 3.05) is 13.7 Å². The zero-order valence-electron chi connectivity index (χ0n) is 8.41. The van der Waals surface area contributed by atoms with Crippen LogP contribution in [0.2, 0.25) is 0 Å². The van der Waals surface area contributed by atoms with E-state index in [1.54, 1.807) is 6.92 Å². The minimum atomic E-state index is -0.697. The molecule has 0 aromatic rings. The molecular formula is C8H17ClN2O3. The number of carbonyl (C=O) groups excluding carboxylic acids is 2. The predicted molar refractivity (Wildman–Crippen MR) is 55.2 cm³/mol. The number of rotatable bonds is 5. The first-order chi connectivity index (χ1) is 6.11. The average Bonchev–Trinajstić information content (AvgIpc) is 2.13. The number of nitrogens with two attached hydrogens (primary N) is 1. The molecule has 6 heteroatoms. The highest BCUT2D eigenvalue weighted by molar-refractivity contribution is 5.85. The van der Waals surface area contributed by atoms with Gasteiger partial charge in [0.2, 0.25) is 5.91 Å². The Balaban J connectivity index is 0. The monoisotopic (exact) mass is 224 g/mol. The Morgan fingerprint density at radius 1 is 1.50 bits per heavy atom. The van der Waals surface area contributed by atoms with Gasteiger partial charge >= 0.3 is 5.97 Å². The molecule has 3 N–H and O–H groups in total. The molecule has 0 fully saturated rings. The molecule has 84 valence electrons. The van der Waals surface area contributed by atoms with E-state index in [1.165, 1.54) is 7.05 Å². The quantitative estimate of drug-likeness (QED) is 0.635. The first-order valence-electron chi connectivity index (χ1n) is 4.24. The molecule has 1 amide bonds. The van der Waals surface area contributed by atoms with E-state index in [9.17, 15) is 9.59 Å². The first-order valence-corrected chi connectivity index (χ1v) is 4.24. The van der Waals surface area contributed by atoms with Crippen molar-refractivity contribution in [1.29, 1.82) is 0 Å². The van der Waals surface area contributed by atoms with Crippen LogP contribution >= 0.6 is 12.4 Å². The zero-order chi connectivity index (χ0) is 10.3. The van der Waals surface area contributed by atoms with Crippen LogP contribution in [0.4, 0.5) is 0 Å². The highest BCUT2D eigenvalue weighted by Crippen LogP contribution is 1.96. The lowest BCUT2D eigenvalue weighted by Crippen LogP contribution is -2.33. The second kappa shape index (κ2) is 8.77. The van der Waals surface area contributed by atoms with Gasteiger partial charge in [-0.25, -0.2) is 0 Å². The summed E-state index contributed by atoms with van der Waals surface area (Å²) in [7, 11) is 1.54. The van der Waals surface area contributed by atoms with Gasteiger partial charge in [0.15, 0.2) is 0 Å². The number of ether oxygens (including phenoxy) is 1. The van der Waals surface area contributed by atoms with Crippen molar-refractivity contribution >= 4 is 24.3 Å². The molecule has 5 nitrogen and oxygen atoms in total. The molecular weight excluding hydrogens is 208 g/mol. The van der Waals surface area contributed by atoms with Gasteiger partial charge in [0, 0.05) is 13.5 Å². The number of hydrogen-bond donors (Lipinski definition) is 2. The Kier molecular flexibility index (Phi) is 9.81. The van der Waals surface area contributed by atoms with Crippen molar-refractivity contribution in [1.82, 2.24) is 5.32 Å². The van der Waals surface area contributed by atoms with Crippen molar-refractivity contribution in [2.24, 2.45) is 5.73 Å². The molecule has 1 atom stereocenters. The number of hydrogen-bond acceptors (Lipinski definition) is 4. The number of amides is 1. The van der Waals surface area contributed by atoms with Gasteiger partial charge in [0.1, 0.15) is 6.04 Å². The lowest BCUT2D eigenvalue weighted by molar-refractivity contribution is -0.144. The van der Waals surface area contributed by atoms with E-state index in [2.05, 4.69) is 10.1 Å². The van der Waals surface area contributed by atoms with Gasteiger partial charge in [0.25, 0.3) is 0 Å². The number of halogens is 1. The maximum Gasteiger partial charge on any atom is 0.322 e. The number of carbonyl (C=O) groups is 2. The van der Waals surface area contributed by atoms with Crippen LogP contribution in [0.25, 0.3) is 0 Å². The molecule has 0 bridgehead atoms. The average molecular weight is 225 g/mol. The summed E-state index contributed by atoms with van der Waals surface area (Å²) in [4.78, 5) is 21.7. The third-order valence-electron chi connectivity index (χ3n) is 1.55. The van der Waals surface area contributed by atoms with Crippen molar-refractivity contribution in [2.45, 2.75) is 25.8 Å². The van der Waals surface area contributed by atoms with Gasteiger partial charge < -0.3 is 15.8 Å². The van der Waals surface area contributed by atoms with Crippen LogP contribution in [0.1, 0.15) is 19.8 Å². The standard InChI is InChI=1S/C8H16N2O3.ClH/c1-3-13-8(12)6(9)4-5-7(11)10-2;/h6H,3-5,9H2,1-2H3,(H,10,11);1H. The third-order valence-corrected chi connectivity index (χ3v) is 1.55. The fraction of sp³-hybridized carbons (Fsp3) is 0.750. The summed E-state index contributed by atoms with van der Waals surface area (Å²) in [6, 6.07) is -0.697. The molecule has 0 aromatic heterocycles. The van der Waals surface area contributed by atoms with Crippen LogP contribution in [0.15, 0.2) is 0 Å². The number of nitrogens with one attached hydrogen (secondary N) is 1. The Morgan fingerprint density at radius 3 is 2.50 bits per heavy atom. The second-order valence-corrected chi connectivity index (χ2v) is 2.57. The maximum absolute atomic E-state index is 11.0. The van der Waals surface area contributed by atoms with E-state index in [0.717, 1.165) is 0 Å². The van der Waals surface area contributed by atoms with Crippen LogP contribution in [0.5, 0.6) is 0 Å². The van der Waals surface area contributed by atoms with Crippen LogP contribution in [0, 0.1) is 0 Å². The Bertz CT molecular complexity index is 187. The van der Waals surface area contributed by atoms with Crippen LogP contribution in [-0.2, 0) is 14.3 Å². The lowest BCUT2D eigenvalue weighted by Gasteiger charge is -2.09. The van der Waals surface area contributed by atoms with E-state index in [-0.39, 0.29) is 24.7 Å².